The molecular formula is C12H13F3N2O2. The van der Waals surface area contributed by atoms with E-state index in [0.29, 0.717) is 0 Å². The van der Waals surface area contributed by atoms with E-state index in [9.17, 15) is 13.2 Å². The Morgan fingerprint density at radius 2 is 1.95 bits per heavy atom. The van der Waals surface area contributed by atoms with Gasteiger partial charge in [0, 0.05) is 11.8 Å². The highest BCUT2D eigenvalue weighted by molar-refractivity contribution is 5.90. The SMILES string of the molecule is COC(C=C(N)CO)=Nc1ccc(C(F)(F)F)cc1. The second-order valence-electron chi connectivity index (χ2n) is 3.58. The molecule has 0 atom stereocenters. The number of nitrogens with two attached hydrogens (primary N) is 1. The lowest BCUT2D eigenvalue weighted by Crippen LogP contribution is -2.07. The molecule has 0 aliphatic rings. The lowest BCUT2D eigenvalue weighted by atomic mass is 10.2. The number of nitrogens with zero attached hydrogens (tertiary/aromatic N) is 1. The number of methoxy groups -OCH3 is 1. The molecule has 0 bridgehead atoms. The Kier molecular flexibility index (Phi) is 4.94. The van der Waals surface area contributed by atoms with Crippen molar-refractivity contribution in [3.63, 3.8) is 0 Å². The Bertz CT molecular complexity index is 479. The summed E-state index contributed by atoms with van der Waals surface area (Å²) < 4.78 is 41.9. The topological polar surface area (TPSA) is 67.8 Å². The van der Waals surface area contributed by atoms with Gasteiger partial charge in [0.1, 0.15) is 0 Å². The van der Waals surface area contributed by atoms with Gasteiger partial charge in [-0.05, 0) is 24.3 Å². The molecule has 0 spiro atoms. The van der Waals surface area contributed by atoms with Crippen LogP contribution >= 0.6 is 0 Å². The van der Waals surface area contributed by atoms with Gasteiger partial charge in [-0.3, -0.25) is 0 Å². The molecule has 0 aliphatic carbocycles. The second-order valence-corrected chi connectivity index (χ2v) is 3.58. The van der Waals surface area contributed by atoms with E-state index in [1.807, 2.05) is 0 Å². The first-order chi connectivity index (χ1) is 8.86. The molecule has 1 aromatic carbocycles. The standard InChI is InChI=1S/C12H13F3N2O2/c1-19-11(6-9(16)7-18)17-10-4-2-8(3-5-10)12(13,14)15/h2-6,18H,7,16H2,1H3. The van der Waals surface area contributed by atoms with Crippen molar-refractivity contribution >= 4 is 11.6 Å². The number of hydrogen-bond acceptors (Lipinski definition) is 4. The van der Waals surface area contributed by atoms with Crippen LogP contribution in [0.4, 0.5) is 18.9 Å². The van der Waals surface area contributed by atoms with Crippen molar-refractivity contribution in [1.82, 2.24) is 0 Å². The van der Waals surface area contributed by atoms with Gasteiger partial charge in [-0.1, -0.05) is 0 Å². The number of ether oxygens (including phenoxy) is 1. The minimum absolute atomic E-state index is 0.0892. The fourth-order valence-electron chi connectivity index (χ4n) is 1.19. The fourth-order valence-corrected chi connectivity index (χ4v) is 1.19. The van der Waals surface area contributed by atoms with E-state index in [2.05, 4.69) is 4.99 Å². The van der Waals surface area contributed by atoms with Crippen LogP contribution in [0.3, 0.4) is 0 Å². The van der Waals surface area contributed by atoms with Gasteiger partial charge in [0.05, 0.1) is 25.0 Å². The summed E-state index contributed by atoms with van der Waals surface area (Å²) in [4.78, 5) is 3.95. The number of aliphatic hydroxyl groups excluding tert-OH is 1. The lowest BCUT2D eigenvalue weighted by Gasteiger charge is -2.06. The van der Waals surface area contributed by atoms with Crippen LogP contribution in [0.1, 0.15) is 5.56 Å². The summed E-state index contributed by atoms with van der Waals surface area (Å²) in [6, 6.07) is 4.27. The third-order valence-corrected chi connectivity index (χ3v) is 2.13. The average Bonchev–Trinajstić information content (AvgIpc) is 2.37. The zero-order valence-corrected chi connectivity index (χ0v) is 10.1. The predicted molar refractivity (Wildman–Crippen MR) is 64.9 cm³/mol. The molecule has 7 heteroatoms. The molecule has 19 heavy (non-hydrogen) atoms. The number of rotatable bonds is 3. The minimum atomic E-state index is -4.38. The van der Waals surface area contributed by atoms with Gasteiger partial charge in [-0.2, -0.15) is 13.2 Å². The van der Waals surface area contributed by atoms with Crippen LogP contribution in [-0.4, -0.2) is 24.7 Å². The van der Waals surface area contributed by atoms with Crippen LogP contribution in [0.2, 0.25) is 0 Å². The summed E-state index contributed by atoms with van der Waals surface area (Å²) in [5.74, 6) is 0.0892. The van der Waals surface area contributed by atoms with Gasteiger partial charge in [-0.15, -0.1) is 0 Å². The van der Waals surface area contributed by atoms with Crippen LogP contribution in [0, 0.1) is 0 Å². The Morgan fingerprint density at radius 1 is 1.37 bits per heavy atom. The van der Waals surface area contributed by atoms with Crippen molar-refractivity contribution in [2.45, 2.75) is 6.18 Å². The number of alkyl halides is 3. The molecule has 104 valence electrons. The summed E-state index contributed by atoms with van der Waals surface area (Å²) in [6.45, 7) is -0.366. The number of hydrogen-bond donors (Lipinski definition) is 2. The molecule has 1 rings (SSSR count). The molecule has 0 aromatic heterocycles. The van der Waals surface area contributed by atoms with Crippen LogP contribution < -0.4 is 5.73 Å². The van der Waals surface area contributed by atoms with Crippen molar-refractivity contribution in [3.8, 4) is 0 Å². The Hall–Kier alpha value is -2.02. The van der Waals surface area contributed by atoms with Gasteiger partial charge in [-0.25, -0.2) is 4.99 Å². The van der Waals surface area contributed by atoms with Gasteiger partial charge in [0.25, 0.3) is 0 Å². The first-order valence-corrected chi connectivity index (χ1v) is 5.23. The molecule has 0 unspecified atom stereocenters. The van der Waals surface area contributed by atoms with E-state index in [1.165, 1.54) is 25.3 Å². The molecule has 1 aromatic rings. The van der Waals surface area contributed by atoms with Gasteiger partial charge < -0.3 is 15.6 Å². The zero-order chi connectivity index (χ0) is 14.5. The summed E-state index contributed by atoms with van der Waals surface area (Å²) in [5, 5.41) is 8.74. The lowest BCUT2D eigenvalue weighted by molar-refractivity contribution is -0.137. The van der Waals surface area contributed by atoms with Gasteiger partial charge in [0.15, 0.2) is 0 Å². The second kappa shape index (κ2) is 6.24. The van der Waals surface area contributed by atoms with Crippen molar-refractivity contribution < 1.29 is 23.0 Å². The maximum absolute atomic E-state index is 12.4. The van der Waals surface area contributed by atoms with Crippen LogP contribution in [0.25, 0.3) is 0 Å². The average molecular weight is 274 g/mol. The van der Waals surface area contributed by atoms with Crippen molar-refractivity contribution in [1.29, 1.82) is 0 Å². The Morgan fingerprint density at radius 3 is 2.37 bits per heavy atom. The maximum Gasteiger partial charge on any atom is 0.416 e. The molecule has 0 amide bonds. The summed E-state index contributed by atoms with van der Waals surface area (Å²) >= 11 is 0. The molecule has 0 radical (unpaired) electrons. The summed E-state index contributed by atoms with van der Waals surface area (Å²) in [6.07, 6.45) is -3.09. The quantitative estimate of drug-likeness (QED) is 0.656. The molecule has 3 N–H and O–H groups in total. The minimum Gasteiger partial charge on any atom is -0.481 e. The third-order valence-electron chi connectivity index (χ3n) is 2.13. The number of aliphatic imine (C=N–C) groups is 1. The maximum atomic E-state index is 12.4. The van der Waals surface area contributed by atoms with Crippen LogP contribution in [-0.2, 0) is 10.9 Å². The van der Waals surface area contributed by atoms with E-state index < -0.39 is 11.7 Å². The Balaban J connectivity index is 2.98. The number of aliphatic hydroxyl groups is 1. The summed E-state index contributed by atoms with van der Waals surface area (Å²) in [7, 11) is 1.34. The fraction of sp³-hybridized carbons (Fsp3) is 0.250. The molecule has 4 nitrogen and oxygen atoms in total. The smallest absolute Gasteiger partial charge is 0.416 e. The van der Waals surface area contributed by atoms with Crippen LogP contribution in [0.15, 0.2) is 41.0 Å². The monoisotopic (exact) mass is 274 g/mol. The highest BCUT2D eigenvalue weighted by Gasteiger charge is 2.29. The third kappa shape index (κ3) is 4.63. The largest absolute Gasteiger partial charge is 0.481 e. The Labute approximate surface area is 108 Å². The molecule has 0 fully saturated rings. The van der Waals surface area contributed by atoms with Crippen molar-refractivity contribution in [2.24, 2.45) is 10.7 Å². The zero-order valence-electron chi connectivity index (χ0n) is 10.1. The molecule has 0 heterocycles. The highest BCUT2D eigenvalue weighted by atomic mass is 19.4. The molecule has 0 saturated carbocycles. The van der Waals surface area contributed by atoms with Crippen molar-refractivity contribution in [3.05, 3.63) is 41.6 Å². The highest BCUT2D eigenvalue weighted by Crippen LogP contribution is 2.30. The number of halogens is 3. The number of benzene rings is 1. The normalized spacial score (nSPS) is 13.5. The van der Waals surface area contributed by atoms with Gasteiger partial charge >= 0.3 is 6.18 Å². The molecule has 0 aliphatic heterocycles. The van der Waals surface area contributed by atoms with Crippen LogP contribution in [0.5, 0.6) is 0 Å². The van der Waals surface area contributed by atoms with Gasteiger partial charge in [0.2, 0.25) is 5.90 Å². The van der Waals surface area contributed by atoms with E-state index in [1.54, 1.807) is 0 Å². The van der Waals surface area contributed by atoms with E-state index in [-0.39, 0.29) is 23.9 Å². The first-order valence-electron chi connectivity index (χ1n) is 5.23. The molecule has 0 saturated heterocycles. The van der Waals surface area contributed by atoms with E-state index in [0.717, 1.165) is 12.1 Å². The summed E-state index contributed by atoms with van der Waals surface area (Å²) in [5.41, 5.74) is 5.05. The van der Waals surface area contributed by atoms with E-state index >= 15 is 0 Å². The first kappa shape index (κ1) is 15.0. The predicted octanol–water partition coefficient (Wildman–Crippen LogP) is 2.22. The van der Waals surface area contributed by atoms with Crippen molar-refractivity contribution in [2.75, 3.05) is 13.7 Å². The van der Waals surface area contributed by atoms with E-state index in [4.69, 9.17) is 15.6 Å². The molecular weight excluding hydrogens is 261 g/mol.